The van der Waals surface area contributed by atoms with Crippen molar-refractivity contribution in [1.82, 2.24) is 5.32 Å². The van der Waals surface area contributed by atoms with E-state index in [0.717, 1.165) is 13.0 Å². The van der Waals surface area contributed by atoms with E-state index in [1.165, 1.54) is 11.1 Å². The summed E-state index contributed by atoms with van der Waals surface area (Å²) in [7, 11) is 0. The molecule has 0 aromatic heterocycles. The molecular weight excluding hydrogens is 210 g/mol. The number of hydrogen-bond donors (Lipinski definition) is 2. The summed E-state index contributed by atoms with van der Waals surface area (Å²) in [6.07, 6.45) is 1.00. The molecule has 1 rings (SSSR count). The van der Waals surface area contributed by atoms with Crippen molar-refractivity contribution < 1.29 is 5.11 Å². The van der Waals surface area contributed by atoms with Crippen LogP contribution < -0.4 is 5.32 Å². The van der Waals surface area contributed by atoms with Gasteiger partial charge in [0.05, 0.1) is 6.61 Å². The van der Waals surface area contributed by atoms with Gasteiger partial charge in [0.2, 0.25) is 0 Å². The second kappa shape index (κ2) is 6.18. The minimum Gasteiger partial charge on any atom is -0.394 e. The molecule has 17 heavy (non-hydrogen) atoms. The quantitative estimate of drug-likeness (QED) is 0.794. The van der Waals surface area contributed by atoms with Gasteiger partial charge in [0.15, 0.2) is 0 Å². The van der Waals surface area contributed by atoms with Crippen LogP contribution in [-0.4, -0.2) is 23.8 Å². The topological polar surface area (TPSA) is 32.3 Å². The number of nitrogens with one attached hydrogen (secondary N) is 1. The van der Waals surface area contributed by atoms with Crippen LogP contribution in [0.2, 0.25) is 0 Å². The molecule has 96 valence electrons. The number of hydrogen-bond acceptors (Lipinski definition) is 2. The summed E-state index contributed by atoms with van der Waals surface area (Å²) in [5, 5.41) is 12.5. The lowest BCUT2D eigenvalue weighted by molar-refractivity contribution is 0.189. The van der Waals surface area contributed by atoms with Crippen molar-refractivity contribution >= 4 is 0 Å². The molecule has 0 radical (unpaired) electrons. The maximum atomic E-state index is 9.13. The molecule has 0 bridgehead atoms. The van der Waals surface area contributed by atoms with Gasteiger partial charge in [-0.15, -0.1) is 0 Å². The predicted octanol–water partition coefficient (Wildman–Crippen LogP) is 2.71. The molecule has 2 nitrogen and oxygen atoms in total. The molecule has 0 amide bonds. The van der Waals surface area contributed by atoms with Crippen LogP contribution >= 0.6 is 0 Å². The van der Waals surface area contributed by atoms with Gasteiger partial charge in [-0.05, 0) is 43.9 Å². The Labute approximate surface area is 105 Å². The zero-order valence-corrected chi connectivity index (χ0v) is 11.5. The lowest BCUT2D eigenvalue weighted by Crippen LogP contribution is -2.43. The Bertz CT molecular complexity index is 327. The summed E-state index contributed by atoms with van der Waals surface area (Å²) >= 11 is 0. The summed E-state index contributed by atoms with van der Waals surface area (Å²) in [4.78, 5) is 0. The Kier molecular flexibility index (Phi) is 5.16. The summed E-state index contributed by atoms with van der Waals surface area (Å²) < 4.78 is 0. The highest BCUT2D eigenvalue weighted by Crippen LogP contribution is 2.14. The molecule has 0 aliphatic heterocycles. The van der Waals surface area contributed by atoms with Crippen LogP contribution in [0.3, 0.4) is 0 Å². The van der Waals surface area contributed by atoms with E-state index >= 15 is 0 Å². The fourth-order valence-corrected chi connectivity index (χ4v) is 1.67. The minimum atomic E-state index is -0.183. The molecular formula is C15H25NO. The molecule has 2 N–H and O–H groups in total. The van der Waals surface area contributed by atoms with Crippen LogP contribution in [0.25, 0.3) is 0 Å². The van der Waals surface area contributed by atoms with Crippen molar-refractivity contribution in [2.45, 2.75) is 45.6 Å². The van der Waals surface area contributed by atoms with E-state index in [1.54, 1.807) is 0 Å². The monoisotopic (exact) mass is 235 g/mol. The van der Waals surface area contributed by atoms with Gasteiger partial charge >= 0.3 is 0 Å². The van der Waals surface area contributed by atoms with Crippen LogP contribution in [0.5, 0.6) is 0 Å². The van der Waals surface area contributed by atoms with Crippen LogP contribution in [0.1, 0.15) is 44.7 Å². The SMILES string of the molecule is CC(C)c1ccc(CCNC(C)(C)CO)cc1. The second-order valence-corrected chi connectivity index (χ2v) is 5.62. The highest BCUT2D eigenvalue weighted by molar-refractivity contribution is 5.24. The Morgan fingerprint density at radius 2 is 1.76 bits per heavy atom. The van der Waals surface area contributed by atoms with E-state index in [-0.39, 0.29) is 12.1 Å². The average molecular weight is 235 g/mol. The van der Waals surface area contributed by atoms with Crippen molar-refractivity contribution in [1.29, 1.82) is 0 Å². The third kappa shape index (κ3) is 4.88. The van der Waals surface area contributed by atoms with E-state index < -0.39 is 0 Å². The molecule has 0 saturated heterocycles. The average Bonchev–Trinajstić information content (AvgIpc) is 2.29. The minimum absolute atomic E-state index is 0.166. The van der Waals surface area contributed by atoms with Gasteiger partial charge in [-0.1, -0.05) is 38.1 Å². The van der Waals surface area contributed by atoms with Gasteiger partial charge in [0, 0.05) is 5.54 Å². The fraction of sp³-hybridized carbons (Fsp3) is 0.600. The Morgan fingerprint density at radius 3 is 2.24 bits per heavy atom. The maximum absolute atomic E-state index is 9.13. The van der Waals surface area contributed by atoms with Gasteiger partial charge < -0.3 is 10.4 Å². The first-order valence-corrected chi connectivity index (χ1v) is 6.39. The van der Waals surface area contributed by atoms with Gasteiger partial charge in [-0.3, -0.25) is 0 Å². The molecule has 0 aliphatic carbocycles. The highest BCUT2D eigenvalue weighted by atomic mass is 16.3. The molecule has 0 atom stereocenters. The first kappa shape index (κ1) is 14.2. The molecule has 0 fully saturated rings. The second-order valence-electron chi connectivity index (χ2n) is 5.62. The number of rotatable bonds is 6. The first-order chi connectivity index (χ1) is 7.94. The Balaban J connectivity index is 2.42. The van der Waals surface area contributed by atoms with E-state index in [9.17, 15) is 0 Å². The predicted molar refractivity (Wildman–Crippen MR) is 73.4 cm³/mol. The summed E-state index contributed by atoms with van der Waals surface area (Å²) in [6.45, 7) is 9.50. The molecule has 0 saturated carbocycles. The van der Waals surface area contributed by atoms with E-state index in [4.69, 9.17) is 5.11 Å². The normalized spacial score (nSPS) is 12.1. The molecule has 0 unspecified atom stereocenters. The van der Waals surface area contributed by atoms with E-state index in [2.05, 4.69) is 43.4 Å². The summed E-state index contributed by atoms with van der Waals surface area (Å²) in [6, 6.07) is 8.81. The largest absolute Gasteiger partial charge is 0.394 e. The zero-order chi connectivity index (χ0) is 12.9. The molecule has 1 aromatic carbocycles. The molecule has 2 heteroatoms. The number of benzene rings is 1. The summed E-state index contributed by atoms with van der Waals surface area (Å²) in [5.41, 5.74) is 2.55. The zero-order valence-electron chi connectivity index (χ0n) is 11.5. The van der Waals surface area contributed by atoms with E-state index in [1.807, 2.05) is 13.8 Å². The molecule has 0 heterocycles. The third-order valence-electron chi connectivity index (χ3n) is 3.06. The lowest BCUT2D eigenvalue weighted by atomic mass is 10.0. The lowest BCUT2D eigenvalue weighted by Gasteiger charge is -2.23. The number of aliphatic hydroxyl groups excluding tert-OH is 1. The van der Waals surface area contributed by atoms with Crippen molar-refractivity contribution in [2.75, 3.05) is 13.2 Å². The smallest absolute Gasteiger partial charge is 0.0607 e. The van der Waals surface area contributed by atoms with Crippen molar-refractivity contribution in [2.24, 2.45) is 0 Å². The van der Waals surface area contributed by atoms with Crippen molar-refractivity contribution in [3.63, 3.8) is 0 Å². The molecule has 0 aliphatic rings. The molecule has 0 spiro atoms. The van der Waals surface area contributed by atoms with Gasteiger partial charge in [0.1, 0.15) is 0 Å². The summed E-state index contributed by atoms with van der Waals surface area (Å²) in [5.74, 6) is 0.593. The van der Waals surface area contributed by atoms with Gasteiger partial charge in [-0.2, -0.15) is 0 Å². The van der Waals surface area contributed by atoms with Crippen LogP contribution in [0, 0.1) is 0 Å². The molecule has 1 aromatic rings. The highest BCUT2D eigenvalue weighted by Gasteiger charge is 2.14. The van der Waals surface area contributed by atoms with Crippen molar-refractivity contribution in [3.05, 3.63) is 35.4 Å². The van der Waals surface area contributed by atoms with Gasteiger partial charge in [-0.25, -0.2) is 0 Å². The Hall–Kier alpha value is -0.860. The van der Waals surface area contributed by atoms with Crippen LogP contribution in [-0.2, 0) is 6.42 Å². The third-order valence-corrected chi connectivity index (χ3v) is 3.06. The standard InChI is InChI=1S/C15H25NO/c1-12(2)14-7-5-13(6-8-14)9-10-16-15(3,4)11-17/h5-8,12,16-17H,9-11H2,1-4H3. The van der Waals surface area contributed by atoms with E-state index in [0.29, 0.717) is 5.92 Å². The van der Waals surface area contributed by atoms with Crippen LogP contribution in [0.4, 0.5) is 0 Å². The van der Waals surface area contributed by atoms with Crippen LogP contribution in [0.15, 0.2) is 24.3 Å². The fourth-order valence-electron chi connectivity index (χ4n) is 1.67. The first-order valence-electron chi connectivity index (χ1n) is 6.39. The number of aliphatic hydroxyl groups is 1. The Morgan fingerprint density at radius 1 is 1.18 bits per heavy atom. The van der Waals surface area contributed by atoms with Gasteiger partial charge in [0.25, 0.3) is 0 Å². The van der Waals surface area contributed by atoms with Crippen molar-refractivity contribution in [3.8, 4) is 0 Å². The maximum Gasteiger partial charge on any atom is 0.0607 e.